The quantitative estimate of drug-likeness (QED) is 0.844. The lowest BCUT2D eigenvalue weighted by Crippen LogP contribution is -2.42. The van der Waals surface area contributed by atoms with Crippen molar-refractivity contribution in [3.8, 4) is 0 Å². The monoisotopic (exact) mass is 359 g/mol. The van der Waals surface area contributed by atoms with E-state index >= 15 is 0 Å². The Morgan fingerprint density at radius 1 is 1.33 bits per heavy atom. The van der Waals surface area contributed by atoms with Crippen LogP contribution in [0.3, 0.4) is 0 Å². The number of hydrogen-bond acceptors (Lipinski definition) is 2. The number of benzene rings is 1. The summed E-state index contributed by atoms with van der Waals surface area (Å²) in [6.07, 6.45) is 1.49. The number of halogens is 1. The lowest BCUT2D eigenvalue weighted by atomic mass is 9.80. The van der Waals surface area contributed by atoms with Crippen LogP contribution in [0.4, 0.5) is 0 Å². The molecule has 1 aliphatic heterocycles. The van der Waals surface area contributed by atoms with E-state index in [0.29, 0.717) is 0 Å². The Hall–Kier alpha value is -0.620. The molecule has 0 saturated carbocycles. The lowest BCUT2D eigenvalue weighted by Gasteiger charge is -2.36. The Labute approximate surface area is 121 Å². The van der Waals surface area contributed by atoms with Crippen LogP contribution in [0, 0.1) is 8.99 Å². The zero-order valence-corrected chi connectivity index (χ0v) is 12.7. The van der Waals surface area contributed by atoms with Gasteiger partial charge in [0.15, 0.2) is 0 Å². The number of carboxylic acids is 1. The van der Waals surface area contributed by atoms with E-state index in [2.05, 4.69) is 51.8 Å². The molecule has 1 saturated heterocycles. The predicted molar refractivity (Wildman–Crippen MR) is 79.4 cm³/mol. The summed E-state index contributed by atoms with van der Waals surface area (Å²) >= 11 is 2.30. The molecule has 1 aromatic carbocycles. The first-order valence-corrected chi connectivity index (χ1v) is 7.28. The molecule has 0 bridgehead atoms. The van der Waals surface area contributed by atoms with Gasteiger partial charge in [0.2, 0.25) is 0 Å². The van der Waals surface area contributed by atoms with Crippen LogP contribution >= 0.6 is 22.6 Å². The van der Waals surface area contributed by atoms with E-state index in [9.17, 15) is 9.90 Å². The molecule has 0 unspecified atom stereocenters. The van der Waals surface area contributed by atoms with Gasteiger partial charge in [-0.05, 0) is 73.1 Å². The second kappa shape index (κ2) is 5.57. The zero-order valence-electron chi connectivity index (χ0n) is 10.5. The van der Waals surface area contributed by atoms with E-state index in [1.807, 2.05) is 6.92 Å². The third-order valence-electron chi connectivity index (χ3n) is 3.80. The number of aliphatic carboxylic acids is 1. The highest BCUT2D eigenvalue weighted by atomic mass is 127. The smallest absolute Gasteiger partial charge is 0.309 e. The highest BCUT2D eigenvalue weighted by Crippen LogP contribution is 2.31. The number of likely N-dealkylation sites (tertiary alicyclic amines) is 1. The normalized spacial score (nSPS) is 19.7. The molecule has 1 aromatic rings. The highest BCUT2D eigenvalue weighted by molar-refractivity contribution is 14.1. The molecule has 0 aliphatic carbocycles. The van der Waals surface area contributed by atoms with Crippen molar-refractivity contribution in [2.24, 2.45) is 5.41 Å². The molecule has 98 valence electrons. The maximum Gasteiger partial charge on any atom is 0.309 e. The second-order valence-electron chi connectivity index (χ2n) is 5.27. The van der Waals surface area contributed by atoms with E-state index in [1.165, 1.54) is 9.13 Å². The molecule has 0 aromatic heterocycles. The minimum atomic E-state index is -0.656. The summed E-state index contributed by atoms with van der Waals surface area (Å²) in [4.78, 5) is 13.5. The van der Waals surface area contributed by atoms with Crippen molar-refractivity contribution in [1.29, 1.82) is 0 Å². The minimum absolute atomic E-state index is 0.525. The number of hydrogen-bond donors (Lipinski definition) is 1. The van der Waals surface area contributed by atoms with Gasteiger partial charge in [-0.2, -0.15) is 0 Å². The molecule has 2 rings (SSSR count). The van der Waals surface area contributed by atoms with E-state index < -0.39 is 11.4 Å². The Morgan fingerprint density at radius 3 is 2.39 bits per heavy atom. The van der Waals surface area contributed by atoms with Gasteiger partial charge in [-0.3, -0.25) is 9.69 Å². The van der Waals surface area contributed by atoms with Gasteiger partial charge in [-0.25, -0.2) is 0 Å². The molecule has 0 amide bonds. The summed E-state index contributed by atoms with van der Waals surface area (Å²) in [6, 6.07) is 8.52. The van der Waals surface area contributed by atoms with Crippen LogP contribution in [0.5, 0.6) is 0 Å². The highest BCUT2D eigenvalue weighted by Gasteiger charge is 2.36. The minimum Gasteiger partial charge on any atom is -0.481 e. The molecule has 4 heteroatoms. The summed E-state index contributed by atoms with van der Waals surface area (Å²) in [5.74, 6) is -0.656. The van der Waals surface area contributed by atoms with Crippen LogP contribution < -0.4 is 0 Å². The zero-order chi connectivity index (χ0) is 13.2. The summed E-state index contributed by atoms with van der Waals surface area (Å²) in [7, 11) is 0. The average molecular weight is 359 g/mol. The predicted octanol–water partition coefficient (Wildman–Crippen LogP) is 2.98. The molecular formula is C14H18INO2. The van der Waals surface area contributed by atoms with Gasteiger partial charge in [-0.15, -0.1) is 0 Å². The number of rotatable bonds is 3. The molecule has 0 atom stereocenters. The molecule has 1 heterocycles. The molecule has 18 heavy (non-hydrogen) atoms. The van der Waals surface area contributed by atoms with Crippen molar-refractivity contribution in [3.05, 3.63) is 33.4 Å². The van der Waals surface area contributed by atoms with Crippen LogP contribution in [0.15, 0.2) is 24.3 Å². The maximum absolute atomic E-state index is 11.2. The van der Waals surface area contributed by atoms with E-state index in [-0.39, 0.29) is 0 Å². The topological polar surface area (TPSA) is 40.5 Å². The molecular weight excluding hydrogens is 341 g/mol. The van der Waals surface area contributed by atoms with Crippen molar-refractivity contribution < 1.29 is 9.90 Å². The third-order valence-corrected chi connectivity index (χ3v) is 4.51. The van der Waals surface area contributed by atoms with Crippen LogP contribution in [-0.2, 0) is 11.3 Å². The Balaban J connectivity index is 1.91. The Bertz CT molecular complexity index is 422. The van der Waals surface area contributed by atoms with Gasteiger partial charge >= 0.3 is 5.97 Å². The van der Waals surface area contributed by atoms with Crippen LogP contribution in [0.2, 0.25) is 0 Å². The van der Waals surface area contributed by atoms with Crippen LogP contribution in [0.25, 0.3) is 0 Å². The number of carboxylic acid groups (broad SMARTS) is 1. The molecule has 0 radical (unpaired) electrons. The number of carbonyl (C=O) groups is 1. The first-order valence-electron chi connectivity index (χ1n) is 6.20. The molecule has 1 N–H and O–H groups in total. The maximum atomic E-state index is 11.2. The molecule has 1 fully saturated rings. The van der Waals surface area contributed by atoms with Gasteiger partial charge in [0.05, 0.1) is 5.41 Å². The fraction of sp³-hybridized carbons (Fsp3) is 0.500. The van der Waals surface area contributed by atoms with Crippen LogP contribution in [0.1, 0.15) is 25.3 Å². The van der Waals surface area contributed by atoms with Crippen molar-refractivity contribution in [1.82, 2.24) is 4.90 Å². The van der Waals surface area contributed by atoms with Gasteiger partial charge < -0.3 is 5.11 Å². The van der Waals surface area contributed by atoms with E-state index in [4.69, 9.17) is 0 Å². The fourth-order valence-corrected chi connectivity index (χ4v) is 2.63. The third kappa shape index (κ3) is 3.23. The molecule has 3 nitrogen and oxygen atoms in total. The average Bonchev–Trinajstić information content (AvgIpc) is 2.35. The number of nitrogens with zero attached hydrogens (tertiary/aromatic N) is 1. The van der Waals surface area contributed by atoms with Gasteiger partial charge in [0.25, 0.3) is 0 Å². The SMILES string of the molecule is CC1(C(=O)O)CCN(Cc2ccc(I)cc2)CC1. The Kier molecular flexibility index (Phi) is 4.27. The largest absolute Gasteiger partial charge is 0.481 e. The van der Waals surface area contributed by atoms with Crippen molar-refractivity contribution in [3.63, 3.8) is 0 Å². The van der Waals surface area contributed by atoms with Crippen LogP contribution in [-0.4, -0.2) is 29.1 Å². The second-order valence-corrected chi connectivity index (χ2v) is 6.51. The lowest BCUT2D eigenvalue weighted by molar-refractivity contribution is -0.150. The number of piperidine rings is 1. The molecule has 0 spiro atoms. The first kappa shape index (κ1) is 13.8. The standard InChI is InChI=1S/C14H18INO2/c1-14(13(17)18)6-8-16(9-7-14)10-11-2-4-12(15)5-3-11/h2-5H,6-10H2,1H3,(H,17,18). The Morgan fingerprint density at radius 2 is 1.89 bits per heavy atom. The van der Waals surface area contributed by atoms with Crippen molar-refractivity contribution in [2.45, 2.75) is 26.3 Å². The molecule has 1 aliphatic rings. The fourth-order valence-electron chi connectivity index (χ4n) is 2.27. The van der Waals surface area contributed by atoms with Gasteiger partial charge in [-0.1, -0.05) is 12.1 Å². The summed E-state index contributed by atoms with van der Waals surface area (Å²) in [5, 5.41) is 9.18. The van der Waals surface area contributed by atoms with E-state index in [0.717, 1.165) is 32.5 Å². The summed E-state index contributed by atoms with van der Waals surface area (Å²) in [5.41, 5.74) is 0.775. The van der Waals surface area contributed by atoms with Gasteiger partial charge in [0.1, 0.15) is 0 Å². The summed E-state index contributed by atoms with van der Waals surface area (Å²) in [6.45, 7) is 4.52. The van der Waals surface area contributed by atoms with Crippen molar-refractivity contribution >= 4 is 28.6 Å². The summed E-state index contributed by atoms with van der Waals surface area (Å²) < 4.78 is 1.24. The van der Waals surface area contributed by atoms with Gasteiger partial charge in [0, 0.05) is 10.1 Å². The van der Waals surface area contributed by atoms with E-state index in [1.54, 1.807) is 0 Å². The first-order chi connectivity index (χ1) is 8.49. The van der Waals surface area contributed by atoms with Crippen molar-refractivity contribution in [2.75, 3.05) is 13.1 Å².